The van der Waals surface area contributed by atoms with E-state index in [-0.39, 0.29) is 5.91 Å². The number of benzene rings is 2. The number of hydrogen-bond acceptors (Lipinski definition) is 6. The van der Waals surface area contributed by atoms with Crippen LogP contribution in [0.15, 0.2) is 42.5 Å². The maximum Gasteiger partial charge on any atom is 0.236 e. The maximum atomic E-state index is 12.7. The highest BCUT2D eigenvalue weighted by atomic mass is 16.5. The van der Waals surface area contributed by atoms with Gasteiger partial charge in [0.2, 0.25) is 5.91 Å². The second-order valence-electron chi connectivity index (χ2n) is 7.37. The number of amides is 1. The first-order chi connectivity index (χ1) is 14.5. The molecule has 0 unspecified atom stereocenters. The highest BCUT2D eigenvalue weighted by molar-refractivity contribution is 5.78. The van der Waals surface area contributed by atoms with E-state index in [0.717, 1.165) is 43.2 Å². The number of hydrogen-bond donors (Lipinski definition) is 0. The molecule has 1 saturated heterocycles. The van der Waals surface area contributed by atoms with Gasteiger partial charge in [0.15, 0.2) is 11.5 Å². The van der Waals surface area contributed by atoms with Crippen molar-refractivity contribution in [2.45, 2.75) is 6.54 Å². The van der Waals surface area contributed by atoms with E-state index >= 15 is 0 Å². The van der Waals surface area contributed by atoms with Crippen molar-refractivity contribution in [2.24, 2.45) is 0 Å². The summed E-state index contributed by atoms with van der Waals surface area (Å²) in [5.74, 6) is 2.35. The van der Waals surface area contributed by atoms with Gasteiger partial charge in [0.1, 0.15) is 5.75 Å². The highest BCUT2D eigenvalue weighted by Crippen LogP contribution is 2.29. The topological polar surface area (TPSA) is 54.5 Å². The maximum absolute atomic E-state index is 12.7. The SMILES string of the molecule is COc1ccc(CN(C)C(=O)CN2CCN(c3ccccc3OC)CC2)cc1OC. The van der Waals surface area contributed by atoms with Crippen LogP contribution in [0.5, 0.6) is 17.2 Å². The number of rotatable bonds is 8. The molecule has 0 N–H and O–H groups in total. The van der Waals surface area contributed by atoms with E-state index in [1.165, 1.54) is 0 Å². The van der Waals surface area contributed by atoms with Gasteiger partial charge in [0.25, 0.3) is 0 Å². The molecule has 0 atom stereocenters. The van der Waals surface area contributed by atoms with Crippen molar-refractivity contribution in [1.29, 1.82) is 0 Å². The quantitative estimate of drug-likeness (QED) is 0.663. The molecular weight excluding hydrogens is 382 g/mol. The molecule has 2 aromatic carbocycles. The van der Waals surface area contributed by atoms with E-state index < -0.39 is 0 Å². The normalized spacial score (nSPS) is 14.3. The minimum Gasteiger partial charge on any atom is -0.495 e. The number of carbonyl (C=O) groups excluding carboxylic acids is 1. The third-order valence-corrected chi connectivity index (χ3v) is 5.45. The zero-order chi connectivity index (χ0) is 21.5. The van der Waals surface area contributed by atoms with Gasteiger partial charge < -0.3 is 24.0 Å². The van der Waals surface area contributed by atoms with Crippen molar-refractivity contribution < 1.29 is 19.0 Å². The molecule has 0 radical (unpaired) electrons. The van der Waals surface area contributed by atoms with Crippen LogP contribution in [0.4, 0.5) is 5.69 Å². The number of likely N-dealkylation sites (N-methyl/N-ethyl adjacent to an activating group) is 1. The predicted molar refractivity (Wildman–Crippen MR) is 118 cm³/mol. The third-order valence-electron chi connectivity index (χ3n) is 5.45. The van der Waals surface area contributed by atoms with Gasteiger partial charge in [-0.15, -0.1) is 0 Å². The van der Waals surface area contributed by atoms with Crippen LogP contribution in [0.2, 0.25) is 0 Å². The van der Waals surface area contributed by atoms with Crippen molar-refractivity contribution >= 4 is 11.6 Å². The van der Waals surface area contributed by atoms with Crippen LogP contribution in [0.3, 0.4) is 0 Å². The fourth-order valence-electron chi connectivity index (χ4n) is 3.69. The zero-order valence-electron chi connectivity index (χ0n) is 18.3. The fourth-order valence-corrected chi connectivity index (χ4v) is 3.69. The molecule has 162 valence electrons. The average Bonchev–Trinajstić information content (AvgIpc) is 2.79. The molecule has 2 aromatic rings. The molecule has 0 saturated carbocycles. The molecule has 0 aromatic heterocycles. The summed E-state index contributed by atoms with van der Waals surface area (Å²) >= 11 is 0. The van der Waals surface area contributed by atoms with Gasteiger partial charge in [-0.3, -0.25) is 9.69 Å². The Labute approximate surface area is 178 Å². The van der Waals surface area contributed by atoms with E-state index in [4.69, 9.17) is 14.2 Å². The molecule has 1 aliphatic heterocycles. The number of anilines is 1. The van der Waals surface area contributed by atoms with E-state index in [1.54, 1.807) is 26.2 Å². The summed E-state index contributed by atoms with van der Waals surface area (Å²) in [5, 5.41) is 0. The first-order valence-electron chi connectivity index (χ1n) is 10.1. The summed E-state index contributed by atoms with van der Waals surface area (Å²) in [6.45, 7) is 4.37. The number of para-hydroxylation sites is 2. The Hall–Kier alpha value is -2.93. The lowest BCUT2D eigenvalue weighted by molar-refractivity contribution is -0.131. The molecule has 7 heteroatoms. The highest BCUT2D eigenvalue weighted by Gasteiger charge is 2.22. The molecule has 1 fully saturated rings. The van der Waals surface area contributed by atoms with E-state index in [9.17, 15) is 4.79 Å². The van der Waals surface area contributed by atoms with Crippen LogP contribution in [0, 0.1) is 0 Å². The Bertz CT molecular complexity index is 850. The number of piperazine rings is 1. The van der Waals surface area contributed by atoms with Gasteiger partial charge in [0.05, 0.1) is 33.6 Å². The Balaban J connectivity index is 1.52. The number of ether oxygens (including phenoxy) is 3. The summed E-state index contributed by atoms with van der Waals surface area (Å²) in [7, 11) is 6.76. The predicted octanol–water partition coefficient (Wildman–Crippen LogP) is 2.49. The fraction of sp³-hybridized carbons (Fsp3) is 0.435. The summed E-state index contributed by atoms with van der Waals surface area (Å²) in [5.41, 5.74) is 2.11. The second kappa shape index (κ2) is 10.2. The first kappa shape index (κ1) is 21.8. The number of methoxy groups -OCH3 is 3. The number of nitrogens with zero attached hydrogens (tertiary/aromatic N) is 3. The van der Waals surface area contributed by atoms with Gasteiger partial charge in [-0.05, 0) is 29.8 Å². The lowest BCUT2D eigenvalue weighted by atomic mass is 10.2. The largest absolute Gasteiger partial charge is 0.495 e. The van der Waals surface area contributed by atoms with Crippen LogP contribution in [0.1, 0.15) is 5.56 Å². The van der Waals surface area contributed by atoms with Crippen LogP contribution in [-0.2, 0) is 11.3 Å². The lowest BCUT2D eigenvalue weighted by Gasteiger charge is -2.36. The van der Waals surface area contributed by atoms with Crippen LogP contribution < -0.4 is 19.1 Å². The molecule has 3 rings (SSSR count). The minimum atomic E-state index is 0.107. The molecule has 30 heavy (non-hydrogen) atoms. The lowest BCUT2D eigenvalue weighted by Crippen LogP contribution is -2.49. The average molecular weight is 414 g/mol. The van der Waals surface area contributed by atoms with E-state index in [1.807, 2.05) is 43.4 Å². The van der Waals surface area contributed by atoms with Gasteiger partial charge in [-0.25, -0.2) is 0 Å². The van der Waals surface area contributed by atoms with Gasteiger partial charge in [0, 0.05) is 39.8 Å². The summed E-state index contributed by atoms with van der Waals surface area (Å²) in [6.07, 6.45) is 0. The number of carbonyl (C=O) groups is 1. The van der Waals surface area contributed by atoms with Crippen molar-refractivity contribution in [1.82, 2.24) is 9.80 Å². The molecule has 0 bridgehead atoms. The van der Waals surface area contributed by atoms with Crippen molar-refractivity contribution in [3.63, 3.8) is 0 Å². The Kier molecular flexibility index (Phi) is 7.41. The van der Waals surface area contributed by atoms with Crippen molar-refractivity contribution in [2.75, 3.05) is 66.0 Å². The van der Waals surface area contributed by atoms with Crippen LogP contribution in [-0.4, -0.2) is 76.8 Å². The van der Waals surface area contributed by atoms with Crippen LogP contribution in [0.25, 0.3) is 0 Å². The third kappa shape index (κ3) is 5.16. The summed E-state index contributed by atoms with van der Waals surface area (Å²) < 4.78 is 16.1. The summed E-state index contributed by atoms with van der Waals surface area (Å²) in [6, 6.07) is 13.8. The Morgan fingerprint density at radius 1 is 0.900 bits per heavy atom. The van der Waals surface area contributed by atoms with Gasteiger partial charge >= 0.3 is 0 Å². The smallest absolute Gasteiger partial charge is 0.236 e. The molecule has 7 nitrogen and oxygen atoms in total. The zero-order valence-corrected chi connectivity index (χ0v) is 18.3. The first-order valence-corrected chi connectivity index (χ1v) is 10.1. The second-order valence-corrected chi connectivity index (χ2v) is 7.37. The van der Waals surface area contributed by atoms with Gasteiger partial charge in [-0.2, -0.15) is 0 Å². The minimum absolute atomic E-state index is 0.107. The monoisotopic (exact) mass is 413 g/mol. The molecule has 1 amide bonds. The Morgan fingerprint density at radius 2 is 1.57 bits per heavy atom. The molecular formula is C23H31N3O4. The van der Waals surface area contributed by atoms with Crippen LogP contribution >= 0.6 is 0 Å². The van der Waals surface area contributed by atoms with Crippen molar-refractivity contribution in [3.05, 3.63) is 48.0 Å². The summed E-state index contributed by atoms with van der Waals surface area (Å²) in [4.78, 5) is 19.0. The van der Waals surface area contributed by atoms with E-state index in [2.05, 4.69) is 15.9 Å². The molecule has 0 aliphatic carbocycles. The molecule has 1 aliphatic rings. The molecule has 0 spiro atoms. The van der Waals surface area contributed by atoms with E-state index in [0.29, 0.717) is 24.6 Å². The van der Waals surface area contributed by atoms with Crippen molar-refractivity contribution in [3.8, 4) is 17.2 Å². The standard InChI is InChI=1S/C23H31N3O4/c1-24(16-18-9-10-21(29-3)22(15-18)30-4)23(27)17-25-11-13-26(14-12-25)19-7-5-6-8-20(19)28-2/h5-10,15H,11-14,16-17H2,1-4H3. The Morgan fingerprint density at radius 3 is 2.23 bits per heavy atom. The van der Waals surface area contributed by atoms with Gasteiger partial charge in [-0.1, -0.05) is 18.2 Å². The molecule has 1 heterocycles.